The van der Waals surface area contributed by atoms with Crippen LogP contribution in [0.3, 0.4) is 0 Å². The smallest absolute Gasteiger partial charge is 0.0120 e. The van der Waals surface area contributed by atoms with Crippen molar-refractivity contribution in [3.05, 3.63) is 0 Å². The zero-order chi connectivity index (χ0) is 11.7. The Labute approximate surface area is 106 Å². The van der Waals surface area contributed by atoms with Gasteiger partial charge in [-0.1, -0.05) is 19.3 Å². The molecule has 2 heterocycles. The molecule has 2 nitrogen and oxygen atoms in total. The number of rotatable bonds is 1. The lowest BCUT2D eigenvalue weighted by Crippen LogP contribution is -2.50. The summed E-state index contributed by atoms with van der Waals surface area (Å²) in [5.74, 6) is 2.14. The normalized spacial score (nSPS) is 37.9. The van der Waals surface area contributed by atoms with Crippen molar-refractivity contribution in [1.82, 2.24) is 9.80 Å². The standard InChI is InChI=1S/C15H28N2/c1-16-9-7-15(8-10-16)17-11-6-13-4-2-3-5-14(13)12-17/h13-15H,2-12H2,1H3. The second-order valence-electron chi connectivity index (χ2n) is 6.62. The first-order valence-corrected chi connectivity index (χ1v) is 7.75. The fourth-order valence-electron chi connectivity index (χ4n) is 4.32. The first kappa shape index (κ1) is 12.0. The van der Waals surface area contributed by atoms with Gasteiger partial charge in [0.2, 0.25) is 0 Å². The Kier molecular flexibility index (Phi) is 3.72. The molecule has 0 radical (unpaired) electrons. The van der Waals surface area contributed by atoms with Gasteiger partial charge in [0.15, 0.2) is 0 Å². The lowest BCUT2D eigenvalue weighted by molar-refractivity contribution is 0.0345. The van der Waals surface area contributed by atoms with Gasteiger partial charge in [-0.3, -0.25) is 4.90 Å². The summed E-state index contributed by atoms with van der Waals surface area (Å²) < 4.78 is 0. The van der Waals surface area contributed by atoms with E-state index in [1.807, 2.05) is 0 Å². The van der Waals surface area contributed by atoms with Crippen LogP contribution >= 0.6 is 0 Å². The van der Waals surface area contributed by atoms with Crippen LogP contribution in [0.4, 0.5) is 0 Å². The largest absolute Gasteiger partial charge is 0.306 e. The van der Waals surface area contributed by atoms with E-state index in [1.165, 1.54) is 71.1 Å². The van der Waals surface area contributed by atoms with Crippen LogP contribution < -0.4 is 0 Å². The van der Waals surface area contributed by atoms with E-state index < -0.39 is 0 Å². The van der Waals surface area contributed by atoms with Crippen LogP contribution in [0.5, 0.6) is 0 Å². The van der Waals surface area contributed by atoms with Crippen molar-refractivity contribution in [1.29, 1.82) is 0 Å². The molecule has 2 atom stereocenters. The second kappa shape index (κ2) is 5.27. The zero-order valence-corrected chi connectivity index (χ0v) is 11.4. The molecule has 0 bridgehead atoms. The van der Waals surface area contributed by atoms with E-state index in [0.717, 1.165) is 17.9 Å². The second-order valence-corrected chi connectivity index (χ2v) is 6.62. The van der Waals surface area contributed by atoms with Gasteiger partial charge < -0.3 is 4.90 Å². The number of fused-ring (bicyclic) bond motifs is 1. The average molecular weight is 236 g/mol. The molecule has 2 saturated heterocycles. The lowest BCUT2D eigenvalue weighted by atomic mass is 9.74. The van der Waals surface area contributed by atoms with Crippen LogP contribution in [0.2, 0.25) is 0 Å². The summed E-state index contributed by atoms with van der Waals surface area (Å²) in [6.07, 6.45) is 10.4. The van der Waals surface area contributed by atoms with Gasteiger partial charge in [-0.15, -0.1) is 0 Å². The highest BCUT2D eigenvalue weighted by atomic mass is 15.2. The molecule has 17 heavy (non-hydrogen) atoms. The third-order valence-corrected chi connectivity index (χ3v) is 5.53. The molecular weight excluding hydrogens is 208 g/mol. The summed E-state index contributed by atoms with van der Waals surface area (Å²) in [5.41, 5.74) is 0. The molecule has 98 valence electrons. The average Bonchev–Trinajstić information content (AvgIpc) is 2.39. The van der Waals surface area contributed by atoms with E-state index in [4.69, 9.17) is 0 Å². The summed E-state index contributed by atoms with van der Waals surface area (Å²) in [7, 11) is 2.27. The molecule has 0 aromatic carbocycles. The summed E-state index contributed by atoms with van der Waals surface area (Å²) in [5, 5.41) is 0. The van der Waals surface area contributed by atoms with E-state index >= 15 is 0 Å². The van der Waals surface area contributed by atoms with Crippen molar-refractivity contribution in [2.45, 2.75) is 51.0 Å². The highest BCUT2D eigenvalue weighted by molar-refractivity contribution is 4.88. The minimum Gasteiger partial charge on any atom is -0.306 e. The summed E-state index contributed by atoms with van der Waals surface area (Å²) in [4.78, 5) is 5.34. The highest BCUT2D eigenvalue weighted by Gasteiger charge is 2.34. The van der Waals surface area contributed by atoms with Crippen LogP contribution in [-0.2, 0) is 0 Å². The first-order valence-electron chi connectivity index (χ1n) is 7.75. The fourth-order valence-corrected chi connectivity index (χ4v) is 4.32. The maximum atomic E-state index is 2.85. The Morgan fingerprint density at radius 3 is 2.24 bits per heavy atom. The number of piperidine rings is 2. The van der Waals surface area contributed by atoms with Gasteiger partial charge in [0.05, 0.1) is 0 Å². The van der Waals surface area contributed by atoms with Gasteiger partial charge >= 0.3 is 0 Å². The maximum Gasteiger partial charge on any atom is 0.0120 e. The predicted molar refractivity (Wildman–Crippen MR) is 72.2 cm³/mol. The molecule has 0 aromatic rings. The molecule has 1 saturated carbocycles. The first-order chi connectivity index (χ1) is 8.33. The van der Waals surface area contributed by atoms with Crippen molar-refractivity contribution in [2.75, 3.05) is 33.2 Å². The Hall–Kier alpha value is -0.0800. The van der Waals surface area contributed by atoms with E-state index in [2.05, 4.69) is 16.8 Å². The number of likely N-dealkylation sites (tertiary alicyclic amines) is 2. The summed E-state index contributed by atoms with van der Waals surface area (Å²) >= 11 is 0. The van der Waals surface area contributed by atoms with Gasteiger partial charge in [-0.25, -0.2) is 0 Å². The Morgan fingerprint density at radius 1 is 0.765 bits per heavy atom. The van der Waals surface area contributed by atoms with Crippen molar-refractivity contribution < 1.29 is 0 Å². The monoisotopic (exact) mass is 236 g/mol. The van der Waals surface area contributed by atoms with E-state index in [0.29, 0.717) is 0 Å². The van der Waals surface area contributed by atoms with Crippen LogP contribution in [-0.4, -0.2) is 49.1 Å². The zero-order valence-electron chi connectivity index (χ0n) is 11.4. The molecule has 2 heteroatoms. The number of hydrogen-bond donors (Lipinski definition) is 0. The predicted octanol–water partition coefficient (Wildman–Crippen LogP) is 2.59. The minimum atomic E-state index is 0.911. The maximum absolute atomic E-state index is 2.85. The fraction of sp³-hybridized carbons (Fsp3) is 1.00. The van der Waals surface area contributed by atoms with E-state index in [-0.39, 0.29) is 0 Å². The van der Waals surface area contributed by atoms with Gasteiger partial charge in [-0.2, -0.15) is 0 Å². The molecule has 1 aliphatic carbocycles. The number of nitrogens with zero attached hydrogens (tertiary/aromatic N) is 2. The molecule has 2 unspecified atom stereocenters. The van der Waals surface area contributed by atoms with Crippen LogP contribution in [0.15, 0.2) is 0 Å². The Bertz CT molecular complexity index is 245. The summed E-state index contributed by atoms with van der Waals surface area (Å²) in [6.45, 7) is 5.46. The third kappa shape index (κ3) is 2.68. The lowest BCUT2D eigenvalue weighted by Gasteiger charge is -2.46. The quantitative estimate of drug-likeness (QED) is 0.690. The molecular formula is C15H28N2. The molecule has 0 amide bonds. The molecule has 0 N–H and O–H groups in total. The molecule has 3 aliphatic rings. The number of hydrogen-bond acceptors (Lipinski definition) is 2. The highest BCUT2D eigenvalue weighted by Crippen LogP contribution is 2.37. The van der Waals surface area contributed by atoms with Crippen molar-refractivity contribution in [2.24, 2.45) is 11.8 Å². The summed E-state index contributed by atoms with van der Waals surface area (Å²) in [6, 6.07) is 0.911. The van der Waals surface area contributed by atoms with Crippen LogP contribution in [0, 0.1) is 11.8 Å². The van der Waals surface area contributed by atoms with Crippen molar-refractivity contribution in [3.8, 4) is 0 Å². The van der Waals surface area contributed by atoms with Gasteiger partial charge in [-0.05, 0) is 64.2 Å². The minimum absolute atomic E-state index is 0.911. The molecule has 3 fully saturated rings. The molecule has 3 rings (SSSR count). The van der Waals surface area contributed by atoms with Crippen molar-refractivity contribution in [3.63, 3.8) is 0 Å². The van der Waals surface area contributed by atoms with Gasteiger partial charge in [0.1, 0.15) is 0 Å². The van der Waals surface area contributed by atoms with E-state index in [1.54, 1.807) is 0 Å². The van der Waals surface area contributed by atoms with Gasteiger partial charge in [0.25, 0.3) is 0 Å². The third-order valence-electron chi connectivity index (χ3n) is 5.53. The van der Waals surface area contributed by atoms with Crippen LogP contribution in [0.1, 0.15) is 44.9 Å². The van der Waals surface area contributed by atoms with Crippen molar-refractivity contribution >= 4 is 0 Å². The molecule has 0 aromatic heterocycles. The van der Waals surface area contributed by atoms with Gasteiger partial charge in [0, 0.05) is 12.6 Å². The van der Waals surface area contributed by atoms with Crippen LogP contribution in [0.25, 0.3) is 0 Å². The molecule has 2 aliphatic heterocycles. The topological polar surface area (TPSA) is 6.48 Å². The SMILES string of the molecule is CN1CCC(N2CCC3CCCCC3C2)CC1. The Balaban J connectivity index is 1.54. The Morgan fingerprint density at radius 2 is 1.47 bits per heavy atom. The molecule has 0 spiro atoms. The van der Waals surface area contributed by atoms with E-state index in [9.17, 15) is 0 Å².